The van der Waals surface area contributed by atoms with Crippen LogP contribution in [0.5, 0.6) is 0 Å². The summed E-state index contributed by atoms with van der Waals surface area (Å²) in [7, 11) is 0. The molecule has 0 amide bonds. The molecule has 2 nitrogen and oxygen atoms in total. The molecule has 36 heavy (non-hydrogen) atoms. The van der Waals surface area contributed by atoms with E-state index in [4.69, 9.17) is 11.8 Å². The van der Waals surface area contributed by atoms with Crippen molar-refractivity contribution in [1.82, 2.24) is 0 Å². The summed E-state index contributed by atoms with van der Waals surface area (Å²) in [6, 6.07) is 6.34. The van der Waals surface area contributed by atoms with E-state index in [0.29, 0.717) is 0 Å². The van der Waals surface area contributed by atoms with Crippen molar-refractivity contribution in [2.24, 2.45) is 0 Å². The third-order valence-corrected chi connectivity index (χ3v) is 9.80. The molecule has 0 aromatic heterocycles. The molecule has 0 aliphatic rings. The van der Waals surface area contributed by atoms with Crippen LogP contribution >= 0.6 is 17.1 Å². The van der Waals surface area contributed by atoms with Gasteiger partial charge >= 0.3 is 19.5 Å². The Morgan fingerprint density at radius 3 is 1.19 bits per heavy atom. The fraction of sp³-hybridized carbons (Fsp3) is 0.800. The number of hydrogen-bond acceptors (Lipinski definition) is 4. The molecule has 0 radical (unpaired) electrons. The normalized spacial score (nSPS) is 11.6. The quantitative estimate of drug-likeness (QED) is 0.0668. The van der Waals surface area contributed by atoms with Gasteiger partial charge in [0, 0.05) is 4.90 Å². The summed E-state index contributed by atoms with van der Waals surface area (Å²) in [4.78, 5) is 24.9. The fourth-order valence-corrected chi connectivity index (χ4v) is 7.71. The van der Waals surface area contributed by atoms with Crippen LogP contribution in [0.3, 0.4) is 0 Å². The number of benzene rings is 1. The van der Waals surface area contributed by atoms with Gasteiger partial charge in [-0.15, -0.1) is 23.2 Å². The average Bonchev–Trinajstić information content (AvgIpc) is 2.82. The fourth-order valence-electron chi connectivity index (χ4n) is 4.87. The summed E-state index contributed by atoms with van der Waals surface area (Å²) in [5, 5.41) is 0. The van der Waals surface area contributed by atoms with Crippen molar-refractivity contribution in [3.63, 3.8) is 0 Å². The van der Waals surface area contributed by atoms with Crippen LogP contribution in [0.15, 0.2) is 23.1 Å². The molecule has 0 bridgehead atoms. The molecule has 204 valence electrons. The van der Waals surface area contributed by atoms with Gasteiger partial charge in [-0.25, -0.2) is 0 Å². The first-order valence-electron chi connectivity index (χ1n) is 14.8. The zero-order chi connectivity index (χ0) is 25.6. The van der Waals surface area contributed by atoms with Gasteiger partial charge in [-0.3, -0.25) is 0 Å². The number of rotatable bonds is 24. The summed E-state index contributed by atoms with van der Waals surface area (Å²) in [6.45, 7) is 4.53. The van der Waals surface area contributed by atoms with E-state index >= 15 is 0 Å². The summed E-state index contributed by atoms with van der Waals surface area (Å²) in [5.74, 6) is 0. The van der Waals surface area contributed by atoms with E-state index in [1.54, 1.807) is 0 Å². The van der Waals surface area contributed by atoms with Crippen LogP contribution in [-0.4, -0.2) is 0 Å². The second-order valence-corrected chi connectivity index (χ2v) is 15.9. The van der Waals surface area contributed by atoms with Gasteiger partial charge in [-0.2, -0.15) is 5.69 Å². The summed E-state index contributed by atoms with van der Waals surface area (Å²) < 4.78 is 0. The van der Waals surface area contributed by atoms with Gasteiger partial charge in [0.2, 0.25) is 0 Å². The Morgan fingerprint density at radius 1 is 0.583 bits per heavy atom. The Labute approximate surface area is 246 Å². The van der Waals surface area contributed by atoms with Crippen molar-refractivity contribution in [2.45, 2.75) is 160 Å². The van der Waals surface area contributed by atoms with Gasteiger partial charge in [0.05, 0.1) is 0 Å². The second kappa shape index (κ2) is 24.8. The molecule has 1 aromatic rings. The third kappa shape index (κ3) is 20.7. The maximum atomic E-state index is 12.0. The predicted octanol–water partition coefficient (Wildman–Crippen LogP) is 9.65. The Bertz CT molecular complexity index is 639. The Morgan fingerprint density at radius 2 is 0.889 bits per heavy atom. The molecule has 0 saturated carbocycles. The van der Waals surface area contributed by atoms with Crippen LogP contribution in [-0.2, 0) is 44.1 Å². The molecule has 0 spiro atoms. The minimum absolute atomic E-state index is 0. The van der Waals surface area contributed by atoms with Gasteiger partial charge < -0.3 is 9.79 Å². The molecular weight excluding hydrogens is 553 g/mol. The van der Waals surface area contributed by atoms with Crippen LogP contribution in [0.4, 0.5) is 0 Å². The van der Waals surface area contributed by atoms with Gasteiger partial charge in [0.1, 0.15) is 0 Å². The molecular formula is C30H53O2PS2Zn. The molecule has 0 fully saturated rings. The first-order chi connectivity index (χ1) is 17.0. The van der Waals surface area contributed by atoms with Crippen LogP contribution in [0.1, 0.15) is 153 Å². The first-order valence-corrected chi connectivity index (χ1v) is 18.9. The van der Waals surface area contributed by atoms with E-state index < -0.39 is 5.69 Å². The molecule has 6 heteroatoms. The van der Waals surface area contributed by atoms with Gasteiger partial charge in [0.15, 0.2) is 0 Å². The smallest absolute Gasteiger partial charge is 0.824 e. The molecule has 0 aliphatic carbocycles. The maximum Gasteiger partial charge on any atom is 2.00 e. The zero-order valence-corrected chi connectivity index (χ0v) is 29.1. The van der Waals surface area contributed by atoms with E-state index in [9.17, 15) is 9.79 Å². The molecule has 0 N–H and O–H groups in total. The minimum atomic E-state index is -3.82. The number of unbranched alkanes of at least 4 members (excludes halogenated alkanes) is 18. The van der Waals surface area contributed by atoms with Gasteiger partial charge in [-0.05, 0) is 36.8 Å². The SMILES string of the molecule is CCCCCCCCCCCCc1cccc(CCCCCCCCCCCC)c1SP([O-])([O-])=S.[Zn+2]. The van der Waals surface area contributed by atoms with Crippen molar-refractivity contribution in [1.29, 1.82) is 0 Å². The second-order valence-electron chi connectivity index (χ2n) is 10.3. The van der Waals surface area contributed by atoms with Crippen LogP contribution in [0.2, 0.25) is 0 Å². The standard InChI is InChI=1S/C30H55O2PS2.Zn/c1-3-5-7-9-11-13-15-17-19-21-24-28-26-23-27-29(30(28)35-33(31,32)34)25-22-20-18-16-14-12-10-8-6-4-2;/h23,26-27H,3-22,24-25H2,1-2H3,(H2,31,32,34);/q;+2/p-2. The number of aryl methyl sites for hydroxylation is 2. The van der Waals surface area contributed by atoms with Gasteiger partial charge in [0.25, 0.3) is 0 Å². The van der Waals surface area contributed by atoms with Crippen molar-refractivity contribution in [3.05, 3.63) is 29.3 Å². The molecule has 0 aliphatic heterocycles. The predicted molar refractivity (Wildman–Crippen MR) is 158 cm³/mol. The van der Waals surface area contributed by atoms with Crippen LogP contribution < -0.4 is 9.79 Å². The van der Waals surface area contributed by atoms with Crippen molar-refractivity contribution >= 4 is 28.9 Å². The average molecular weight is 606 g/mol. The van der Waals surface area contributed by atoms with Crippen molar-refractivity contribution in [3.8, 4) is 0 Å². The summed E-state index contributed by atoms with van der Waals surface area (Å²) >= 11 is 5.72. The minimum Gasteiger partial charge on any atom is -0.824 e. The molecule has 0 unspecified atom stereocenters. The molecule has 0 atom stereocenters. The maximum absolute atomic E-state index is 12.0. The van der Waals surface area contributed by atoms with E-state index in [1.807, 2.05) is 0 Å². The Balaban J connectivity index is 0.0000122. The zero-order valence-electron chi connectivity index (χ0n) is 23.6. The largest absolute Gasteiger partial charge is 2.00 e. The third-order valence-electron chi connectivity index (χ3n) is 6.98. The number of hydrogen-bond donors (Lipinski definition) is 0. The van der Waals surface area contributed by atoms with E-state index in [2.05, 4.69) is 32.0 Å². The molecule has 0 heterocycles. The topological polar surface area (TPSA) is 46.1 Å². The van der Waals surface area contributed by atoms with Crippen LogP contribution in [0.25, 0.3) is 0 Å². The van der Waals surface area contributed by atoms with Gasteiger partial charge in [-0.1, -0.05) is 148 Å². The molecule has 1 rings (SSSR count). The van der Waals surface area contributed by atoms with E-state index in [0.717, 1.165) is 42.0 Å². The first kappa shape index (κ1) is 36.8. The summed E-state index contributed by atoms with van der Waals surface area (Å²) in [5.41, 5.74) is -1.46. The molecule has 1 aromatic carbocycles. The van der Waals surface area contributed by atoms with E-state index in [1.165, 1.54) is 127 Å². The molecule has 0 saturated heterocycles. The van der Waals surface area contributed by atoms with Crippen molar-refractivity contribution < 1.29 is 29.3 Å². The monoisotopic (exact) mass is 604 g/mol. The van der Waals surface area contributed by atoms with E-state index in [-0.39, 0.29) is 19.5 Å². The van der Waals surface area contributed by atoms with Crippen molar-refractivity contribution in [2.75, 3.05) is 0 Å². The summed E-state index contributed by atoms with van der Waals surface area (Å²) in [6.07, 6.45) is 28.2. The Kier molecular flexibility index (Phi) is 25.3. The Hall–Kier alpha value is 0.763. The van der Waals surface area contributed by atoms with Crippen LogP contribution in [0, 0.1) is 0 Å².